The van der Waals surface area contributed by atoms with Crippen LogP contribution in [0.3, 0.4) is 0 Å². The number of nitrogens with one attached hydrogen (secondary N) is 1. The molecule has 2 amide bonds. The number of carbonyl (C=O) groups is 1. The van der Waals surface area contributed by atoms with Crippen LogP contribution in [0, 0.1) is 13.8 Å². The summed E-state index contributed by atoms with van der Waals surface area (Å²) < 4.78 is 2.35. The average molecular weight is 482 g/mol. The predicted molar refractivity (Wildman–Crippen MR) is 142 cm³/mol. The maximum Gasteiger partial charge on any atom is 0.318 e. The van der Waals surface area contributed by atoms with Crippen LogP contribution >= 0.6 is 11.3 Å². The SMILES string of the molecule is Cc1ccc(CNC(=O)N2Cc3c(sc4c3CCCC4)-n3cccc3[C@@H]2c2cccc(C)c2)cc1. The van der Waals surface area contributed by atoms with Gasteiger partial charge in [0.1, 0.15) is 5.00 Å². The third-order valence-corrected chi connectivity index (χ3v) is 8.70. The van der Waals surface area contributed by atoms with Crippen molar-refractivity contribution < 1.29 is 4.79 Å². The lowest BCUT2D eigenvalue weighted by atomic mass is 9.95. The van der Waals surface area contributed by atoms with Gasteiger partial charge in [0.2, 0.25) is 0 Å². The van der Waals surface area contributed by atoms with E-state index in [4.69, 9.17) is 0 Å². The third-order valence-electron chi connectivity index (χ3n) is 7.36. The molecule has 0 bridgehead atoms. The van der Waals surface area contributed by atoms with Gasteiger partial charge < -0.3 is 14.8 Å². The molecule has 0 saturated carbocycles. The molecule has 5 heteroatoms. The lowest BCUT2D eigenvalue weighted by Crippen LogP contribution is -2.41. The van der Waals surface area contributed by atoms with Crippen LogP contribution in [0.5, 0.6) is 0 Å². The molecule has 0 unspecified atom stereocenters. The molecule has 178 valence electrons. The molecule has 6 rings (SSSR count). The van der Waals surface area contributed by atoms with Crippen molar-refractivity contribution in [2.24, 2.45) is 0 Å². The minimum Gasteiger partial charge on any atom is -0.334 e. The molecule has 2 aromatic carbocycles. The van der Waals surface area contributed by atoms with Gasteiger partial charge in [-0.15, -0.1) is 11.3 Å². The van der Waals surface area contributed by atoms with E-state index < -0.39 is 0 Å². The van der Waals surface area contributed by atoms with E-state index in [1.54, 1.807) is 0 Å². The molecule has 35 heavy (non-hydrogen) atoms. The fourth-order valence-corrected chi connectivity index (χ4v) is 6.97. The summed E-state index contributed by atoms with van der Waals surface area (Å²) in [4.78, 5) is 17.5. The molecule has 2 aromatic heterocycles. The lowest BCUT2D eigenvalue weighted by molar-refractivity contribution is 0.180. The molecule has 4 nitrogen and oxygen atoms in total. The van der Waals surface area contributed by atoms with Crippen LogP contribution < -0.4 is 5.32 Å². The monoisotopic (exact) mass is 481 g/mol. The molecule has 1 aliphatic carbocycles. The summed E-state index contributed by atoms with van der Waals surface area (Å²) in [5.41, 5.74) is 8.67. The van der Waals surface area contributed by atoms with Gasteiger partial charge >= 0.3 is 6.03 Å². The Morgan fingerprint density at radius 2 is 1.80 bits per heavy atom. The second-order valence-corrected chi connectivity index (χ2v) is 11.0. The molecule has 4 aromatic rings. The summed E-state index contributed by atoms with van der Waals surface area (Å²) in [5, 5.41) is 4.53. The normalized spacial score (nSPS) is 16.7. The van der Waals surface area contributed by atoms with E-state index in [-0.39, 0.29) is 12.1 Å². The summed E-state index contributed by atoms with van der Waals surface area (Å²) in [5.74, 6) is 0. The summed E-state index contributed by atoms with van der Waals surface area (Å²) in [7, 11) is 0. The number of thiophene rings is 1. The van der Waals surface area contributed by atoms with Crippen molar-refractivity contribution in [3.05, 3.63) is 111 Å². The van der Waals surface area contributed by atoms with Crippen molar-refractivity contribution in [3.8, 4) is 5.00 Å². The Kier molecular flexibility index (Phi) is 5.73. The van der Waals surface area contributed by atoms with Gasteiger partial charge in [-0.2, -0.15) is 0 Å². The fourth-order valence-electron chi connectivity index (χ4n) is 5.56. The van der Waals surface area contributed by atoms with Crippen LogP contribution in [0.25, 0.3) is 5.00 Å². The van der Waals surface area contributed by atoms with E-state index in [1.807, 2.05) is 11.3 Å². The van der Waals surface area contributed by atoms with Crippen molar-refractivity contribution in [2.45, 2.75) is 58.7 Å². The maximum absolute atomic E-state index is 13.9. The van der Waals surface area contributed by atoms with Crippen LogP contribution in [0.15, 0.2) is 66.9 Å². The number of urea groups is 1. The number of amides is 2. The minimum absolute atomic E-state index is 0.0200. The van der Waals surface area contributed by atoms with E-state index in [0.29, 0.717) is 13.1 Å². The Morgan fingerprint density at radius 1 is 0.971 bits per heavy atom. The third kappa shape index (κ3) is 4.08. The van der Waals surface area contributed by atoms with Gasteiger partial charge in [-0.1, -0.05) is 59.7 Å². The van der Waals surface area contributed by atoms with Gasteiger partial charge in [0.05, 0.1) is 18.3 Å². The van der Waals surface area contributed by atoms with Crippen molar-refractivity contribution in [1.82, 2.24) is 14.8 Å². The number of aryl methyl sites for hydroxylation is 3. The zero-order chi connectivity index (χ0) is 23.9. The van der Waals surface area contributed by atoms with Crippen LogP contribution in [0.2, 0.25) is 0 Å². The molecule has 0 radical (unpaired) electrons. The lowest BCUT2D eigenvalue weighted by Gasteiger charge is -2.31. The first kappa shape index (κ1) is 22.2. The molecule has 0 spiro atoms. The van der Waals surface area contributed by atoms with E-state index in [9.17, 15) is 4.79 Å². The molecule has 2 aliphatic rings. The first-order valence-corrected chi connectivity index (χ1v) is 13.4. The molecule has 3 heterocycles. The molecule has 1 N–H and O–H groups in total. The molecule has 0 fully saturated rings. The van der Waals surface area contributed by atoms with E-state index in [1.165, 1.54) is 45.0 Å². The molecular weight excluding hydrogens is 450 g/mol. The zero-order valence-electron chi connectivity index (χ0n) is 20.4. The Bertz CT molecular complexity index is 1380. The second kappa shape index (κ2) is 9.04. The maximum atomic E-state index is 13.9. The van der Waals surface area contributed by atoms with Gasteiger partial charge in [0.15, 0.2) is 0 Å². The largest absolute Gasteiger partial charge is 0.334 e. The van der Waals surface area contributed by atoms with Gasteiger partial charge in [-0.05, 0) is 68.4 Å². The number of nitrogens with zero attached hydrogens (tertiary/aromatic N) is 2. The van der Waals surface area contributed by atoms with Gasteiger partial charge in [-0.25, -0.2) is 4.79 Å². The average Bonchev–Trinajstić information content (AvgIpc) is 3.45. The van der Waals surface area contributed by atoms with Crippen LogP contribution in [0.4, 0.5) is 4.79 Å². The number of hydrogen-bond donors (Lipinski definition) is 1. The quantitative estimate of drug-likeness (QED) is 0.341. The number of hydrogen-bond acceptors (Lipinski definition) is 2. The highest BCUT2D eigenvalue weighted by molar-refractivity contribution is 7.15. The summed E-state index contributed by atoms with van der Waals surface area (Å²) in [6.07, 6.45) is 6.94. The summed E-state index contributed by atoms with van der Waals surface area (Å²) in [6, 6.07) is 21.1. The number of aromatic nitrogens is 1. The van der Waals surface area contributed by atoms with Gasteiger partial charge in [0, 0.05) is 23.2 Å². The highest BCUT2D eigenvalue weighted by atomic mass is 32.1. The van der Waals surface area contributed by atoms with Crippen molar-refractivity contribution in [2.75, 3.05) is 0 Å². The minimum atomic E-state index is -0.151. The Hall–Kier alpha value is -3.31. The fraction of sp³-hybridized carbons (Fsp3) is 0.300. The van der Waals surface area contributed by atoms with Crippen LogP contribution in [-0.4, -0.2) is 15.5 Å². The first-order valence-electron chi connectivity index (χ1n) is 12.6. The van der Waals surface area contributed by atoms with Crippen molar-refractivity contribution in [3.63, 3.8) is 0 Å². The molecule has 1 atom stereocenters. The highest BCUT2D eigenvalue weighted by Crippen LogP contribution is 2.44. The van der Waals surface area contributed by atoms with E-state index >= 15 is 0 Å². The number of fused-ring (bicyclic) bond motifs is 5. The molecule has 0 saturated heterocycles. The van der Waals surface area contributed by atoms with E-state index in [0.717, 1.165) is 29.7 Å². The standard InChI is InChI=1S/C30H31N3OS/c1-20-12-14-22(15-13-20)18-31-30(34)33-19-25-24-9-3-4-11-27(24)35-29(25)32-16-6-10-26(32)28(33)23-8-5-7-21(2)17-23/h5-8,10,12-17,28H,3-4,9,11,18-19H2,1-2H3,(H,31,34)/t28-/m0/s1. The topological polar surface area (TPSA) is 37.3 Å². The number of benzene rings is 2. The summed E-state index contributed by atoms with van der Waals surface area (Å²) in [6.45, 7) is 5.35. The Morgan fingerprint density at radius 3 is 2.63 bits per heavy atom. The van der Waals surface area contributed by atoms with Crippen LogP contribution in [0.1, 0.15) is 62.8 Å². The Balaban J connectivity index is 1.43. The predicted octanol–water partition coefficient (Wildman–Crippen LogP) is 6.85. The smallest absolute Gasteiger partial charge is 0.318 e. The van der Waals surface area contributed by atoms with Gasteiger partial charge in [0.25, 0.3) is 0 Å². The van der Waals surface area contributed by atoms with Crippen molar-refractivity contribution >= 4 is 17.4 Å². The second-order valence-electron chi connectivity index (χ2n) is 9.89. The van der Waals surface area contributed by atoms with E-state index in [2.05, 4.69) is 95.5 Å². The zero-order valence-corrected chi connectivity index (χ0v) is 21.2. The van der Waals surface area contributed by atoms with Crippen LogP contribution in [-0.2, 0) is 25.9 Å². The first-order chi connectivity index (χ1) is 17.1. The molecule has 1 aliphatic heterocycles. The highest BCUT2D eigenvalue weighted by Gasteiger charge is 2.36. The Labute approximate surface area is 211 Å². The van der Waals surface area contributed by atoms with Crippen molar-refractivity contribution in [1.29, 1.82) is 0 Å². The number of rotatable bonds is 3. The van der Waals surface area contributed by atoms with Gasteiger partial charge in [-0.3, -0.25) is 0 Å². The number of carbonyl (C=O) groups excluding carboxylic acids is 1. The summed E-state index contributed by atoms with van der Waals surface area (Å²) >= 11 is 1.93. The molecular formula is C30H31N3OS.